The van der Waals surface area contributed by atoms with E-state index in [1.165, 1.54) is 32.3 Å². The smallest absolute Gasteiger partial charge is 0.157 e. The highest BCUT2D eigenvalue weighted by Crippen LogP contribution is 2.39. The molecular formula is C51H30B5N3O. The zero-order valence-corrected chi connectivity index (χ0v) is 32.5. The van der Waals surface area contributed by atoms with Gasteiger partial charge in [-0.3, -0.25) is 4.99 Å². The van der Waals surface area contributed by atoms with E-state index in [0.717, 1.165) is 44.2 Å². The van der Waals surface area contributed by atoms with Gasteiger partial charge < -0.3 is 10.2 Å². The number of nitrogens with zero attached hydrogens (tertiary/aromatic N) is 2. The molecule has 10 radical (unpaired) electrons. The van der Waals surface area contributed by atoms with Crippen molar-refractivity contribution in [3.05, 3.63) is 174 Å². The Morgan fingerprint density at radius 3 is 1.68 bits per heavy atom. The van der Waals surface area contributed by atoms with Crippen LogP contribution in [-0.2, 0) is 6.54 Å². The molecule has 4 nitrogen and oxygen atoms in total. The third kappa shape index (κ3) is 6.33. The van der Waals surface area contributed by atoms with Gasteiger partial charge in [0.05, 0.1) is 6.54 Å². The largest absolute Gasteiger partial charge is 0.456 e. The van der Waals surface area contributed by atoms with Gasteiger partial charge in [0.1, 0.15) is 56.2 Å². The van der Waals surface area contributed by atoms with Crippen molar-refractivity contribution in [3.63, 3.8) is 0 Å². The predicted molar refractivity (Wildman–Crippen MR) is 258 cm³/mol. The Kier molecular flexibility index (Phi) is 9.33. The quantitative estimate of drug-likeness (QED) is 0.0890. The second kappa shape index (κ2) is 15.0. The number of amidine groups is 2. The standard InChI is InChI=1S/C51H30B5N3O/c52-45-44(46(53)48(55)49(56)47(45)54)31-12-8-13-32(24-31)50(57)59-51(28-10-2-1-3-11-28)58-27-33-14-9-19-42-43(33)40-26-30(21-23-41(40)60-42)29-20-22-38-36-17-5-4-15-34(36)35-16-6-7-18-37(35)39(38)25-29/h1-26H,27H2,(H2,57,58,59). The molecule has 9 aromatic carbocycles. The van der Waals surface area contributed by atoms with Gasteiger partial charge in [-0.05, 0) is 90.5 Å². The van der Waals surface area contributed by atoms with Crippen molar-refractivity contribution in [2.45, 2.75) is 6.54 Å². The molecule has 0 amide bonds. The average Bonchev–Trinajstić information content (AvgIpc) is 3.68. The molecule has 60 heavy (non-hydrogen) atoms. The van der Waals surface area contributed by atoms with E-state index in [0.29, 0.717) is 29.1 Å². The van der Waals surface area contributed by atoms with Gasteiger partial charge in [0.15, 0.2) is 5.84 Å². The van der Waals surface area contributed by atoms with Crippen LogP contribution in [0.3, 0.4) is 0 Å². The van der Waals surface area contributed by atoms with Crippen LogP contribution >= 0.6 is 0 Å². The molecule has 0 aliphatic heterocycles. The molecule has 9 heteroatoms. The van der Waals surface area contributed by atoms with Crippen molar-refractivity contribution in [2.24, 2.45) is 15.7 Å². The first-order valence-corrected chi connectivity index (χ1v) is 19.6. The molecule has 10 rings (SSSR count). The van der Waals surface area contributed by atoms with E-state index < -0.39 is 0 Å². The van der Waals surface area contributed by atoms with E-state index in [4.69, 9.17) is 59.4 Å². The van der Waals surface area contributed by atoms with Gasteiger partial charge in [0.25, 0.3) is 0 Å². The summed E-state index contributed by atoms with van der Waals surface area (Å²) in [5.74, 6) is 0.723. The van der Waals surface area contributed by atoms with E-state index in [9.17, 15) is 0 Å². The van der Waals surface area contributed by atoms with Crippen LogP contribution in [0.5, 0.6) is 0 Å². The Morgan fingerprint density at radius 1 is 0.450 bits per heavy atom. The molecule has 0 fully saturated rings. The molecule has 1 aromatic heterocycles. The highest BCUT2D eigenvalue weighted by atomic mass is 16.3. The van der Waals surface area contributed by atoms with E-state index in [2.05, 4.69) is 91.0 Å². The molecule has 0 unspecified atom stereocenters. The third-order valence-corrected chi connectivity index (χ3v) is 11.5. The van der Waals surface area contributed by atoms with Gasteiger partial charge in [-0.2, -0.15) is 0 Å². The van der Waals surface area contributed by atoms with Crippen LogP contribution in [0.25, 0.3) is 76.5 Å². The minimum Gasteiger partial charge on any atom is -0.456 e. The summed E-state index contributed by atoms with van der Waals surface area (Å²) in [5.41, 5.74) is 15.1. The Bertz CT molecular complexity index is 3370. The number of benzene rings is 9. The molecule has 0 bridgehead atoms. The molecule has 2 N–H and O–H groups in total. The topological polar surface area (TPSA) is 63.9 Å². The summed E-state index contributed by atoms with van der Waals surface area (Å²) in [6.45, 7) is 0.323. The summed E-state index contributed by atoms with van der Waals surface area (Å²) in [6, 6.07) is 53.7. The van der Waals surface area contributed by atoms with Crippen LogP contribution in [0, 0.1) is 0 Å². The zero-order valence-electron chi connectivity index (χ0n) is 32.5. The van der Waals surface area contributed by atoms with Crippen LogP contribution in [-0.4, -0.2) is 50.9 Å². The van der Waals surface area contributed by atoms with Gasteiger partial charge in [0, 0.05) is 21.9 Å². The van der Waals surface area contributed by atoms with Gasteiger partial charge in [-0.25, -0.2) is 4.99 Å². The van der Waals surface area contributed by atoms with Gasteiger partial charge in [-0.1, -0.05) is 138 Å². The summed E-state index contributed by atoms with van der Waals surface area (Å²) in [6.07, 6.45) is 0. The average molecular weight is 755 g/mol. The lowest BCUT2D eigenvalue weighted by molar-refractivity contribution is 0.668. The van der Waals surface area contributed by atoms with Crippen molar-refractivity contribution >= 4 is 132 Å². The lowest BCUT2D eigenvalue weighted by Crippen LogP contribution is -2.55. The molecule has 10 aromatic rings. The number of furan rings is 1. The van der Waals surface area contributed by atoms with Crippen LogP contribution in [0.4, 0.5) is 0 Å². The molecular weight excluding hydrogens is 725 g/mol. The monoisotopic (exact) mass is 755 g/mol. The Balaban J connectivity index is 1.05. The fourth-order valence-corrected chi connectivity index (χ4v) is 8.41. The lowest BCUT2D eigenvalue weighted by atomic mass is 9.59. The molecule has 0 spiro atoms. The molecule has 0 saturated heterocycles. The van der Waals surface area contributed by atoms with Crippen molar-refractivity contribution in [1.82, 2.24) is 0 Å². The fraction of sp³-hybridized carbons (Fsp3) is 0.0196. The molecule has 1 heterocycles. The van der Waals surface area contributed by atoms with Crippen molar-refractivity contribution in [1.29, 1.82) is 0 Å². The second-order valence-electron chi connectivity index (χ2n) is 15.0. The van der Waals surface area contributed by atoms with Crippen LogP contribution in [0.15, 0.2) is 172 Å². The number of hydrogen-bond acceptors (Lipinski definition) is 2. The first-order chi connectivity index (χ1) is 29.2. The van der Waals surface area contributed by atoms with Crippen LogP contribution in [0.2, 0.25) is 0 Å². The highest BCUT2D eigenvalue weighted by Gasteiger charge is 2.16. The van der Waals surface area contributed by atoms with E-state index >= 15 is 0 Å². The van der Waals surface area contributed by atoms with Crippen molar-refractivity contribution in [3.8, 4) is 22.3 Å². The first-order valence-electron chi connectivity index (χ1n) is 19.6. The molecule has 0 aliphatic carbocycles. The van der Waals surface area contributed by atoms with E-state index in [1.807, 2.05) is 66.7 Å². The number of fused-ring (bicyclic) bond motifs is 9. The third-order valence-electron chi connectivity index (χ3n) is 11.5. The maximum absolute atomic E-state index is 6.74. The summed E-state index contributed by atoms with van der Waals surface area (Å²) >= 11 is 0. The maximum atomic E-state index is 6.74. The zero-order chi connectivity index (χ0) is 41.1. The van der Waals surface area contributed by atoms with Crippen molar-refractivity contribution in [2.75, 3.05) is 0 Å². The van der Waals surface area contributed by atoms with Crippen LogP contribution in [0.1, 0.15) is 16.7 Å². The summed E-state index contributed by atoms with van der Waals surface area (Å²) < 4.78 is 6.42. The normalized spacial score (nSPS) is 12.3. The molecule has 0 aliphatic rings. The maximum Gasteiger partial charge on any atom is 0.157 e. The minimum atomic E-state index is 0.155. The molecule has 270 valence electrons. The number of aliphatic imine (C=N–C) groups is 2. The Morgan fingerprint density at radius 2 is 1.00 bits per heavy atom. The summed E-state index contributed by atoms with van der Waals surface area (Å²) in [4.78, 5) is 10.00. The summed E-state index contributed by atoms with van der Waals surface area (Å²) in [5, 5.41) is 9.47. The number of hydrogen-bond donors (Lipinski definition) is 1. The minimum absolute atomic E-state index is 0.155. The predicted octanol–water partition coefficient (Wildman–Crippen LogP) is 6.70. The lowest BCUT2D eigenvalue weighted by Gasteiger charge is -2.21. The van der Waals surface area contributed by atoms with Crippen molar-refractivity contribution < 1.29 is 4.42 Å². The fourth-order valence-electron chi connectivity index (χ4n) is 8.41. The van der Waals surface area contributed by atoms with Crippen LogP contribution < -0.4 is 33.0 Å². The van der Waals surface area contributed by atoms with E-state index in [1.54, 1.807) is 0 Å². The SMILES string of the molecule is [B]c1c([B])c([B])c(-c2cccc(C(N)=NC(=NCc3cccc4oc5ccc(-c6ccc7c8ccccc8c8ccccc8c7c6)cc5c34)c3ccccc3)c2)c([B])c1[B]. The molecule has 0 atom stereocenters. The Labute approximate surface area is 354 Å². The Hall–Kier alpha value is -6.98. The number of rotatable bonds is 6. The highest BCUT2D eigenvalue weighted by molar-refractivity contribution is 6.68. The molecule has 0 saturated carbocycles. The number of nitrogens with two attached hydrogens (primary N) is 1. The van der Waals surface area contributed by atoms with Gasteiger partial charge in [0.2, 0.25) is 0 Å². The van der Waals surface area contributed by atoms with Gasteiger partial charge in [-0.15, -0.1) is 16.4 Å². The second-order valence-corrected chi connectivity index (χ2v) is 15.0. The first kappa shape index (κ1) is 37.3. The van der Waals surface area contributed by atoms with Gasteiger partial charge >= 0.3 is 0 Å². The van der Waals surface area contributed by atoms with E-state index in [-0.39, 0.29) is 33.1 Å². The summed E-state index contributed by atoms with van der Waals surface area (Å²) in [7, 11) is 31.2.